The summed E-state index contributed by atoms with van der Waals surface area (Å²) in [6.45, 7) is 9.07. The number of likely N-dealkylation sites (N-methyl/N-ethyl adjacent to an activating group) is 1. The van der Waals surface area contributed by atoms with Crippen LogP contribution in [0.4, 0.5) is 5.69 Å². The number of amidine groups is 1. The Morgan fingerprint density at radius 2 is 2.03 bits per heavy atom. The Bertz CT molecular complexity index is 1030. The molecular weight excluding hydrogens is 388 g/mol. The van der Waals surface area contributed by atoms with Crippen LogP contribution in [0.3, 0.4) is 0 Å². The van der Waals surface area contributed by atoms with Crippen LogP contribution in [0.15, 0.2) is 53.7 Å². The van der Waals surface area contributed by atoms with E-state index >= 15 is 0 Å². The molecular formula is C25H30N4S. The highest BCUT2D eigenvalue weighted by atomic mass is 32.2. The summed E-state index contributed by atoms with van der Waals surface area (Å²) in [5.74, 6) is 1.13. The quantitative estimate of drug-likeness (QED) is 0.641. The summed E-state index contributed by atoms with van der Waals surface area (Å²) in [7, 11) is 2.19. The fraction of sp³-hybridized carbons (Fsp3) is 0.440. The van der Waals surface area contributed by atoms with Crippen molar-refractivity contribution in [2.75, 3.05) is 17.7 Å². The van der Waals surface area contributed by atoms with E-state index in [0.29, 0.717) is 6.04 Å². The molecule has 0 N–H and O–H groups in total. The van der Waals surface area contributed by atoms with Crippen LogP contribution in [-0.2, 0) is 0 Å². The zero-order chi connectivity index (χ0) is 21.0. The summed E-state index contributed by atoms with van der Waals surface area (Å²) >= 11 is 1.90. The zero-order valence-corrected chi connectivity index (χ0v) is 19.3. The van der Waals surface area contributed by atoms with Gasteiger partial charge < -0.3 is 9.80 Å². The second kappa shape index (κ2) is 7.16. The van der Waals surface area contributed by atoms with E-state index in [1.807, 2.05) is 24.0 Å². The Balaban J connectivity index is 1.62. The van der Waals surface area contributed by atoms with Gasteiger partial charge in [0.05, 0.1) is 17.3 Å². The molecule has 0 aliphatic carbocycles. The van der Waals surface area contributed by atoms with Crippen LogP contribution in [0, 0.1) is 0 Å². The molecule has 1 aromatic carbocycles. The molecule has 0 bridgehead atoms. The minimum atomic E-state index is 0.0254. The van der Waals surface area contributed by atoms with Crippen LogP contribution in [0.5, 0.6) is 0 Å². The summed E-state index contributed by atoms with van der Waals surface area (Å²) in [6, 6.07) is 14.0. The predicted octanol–water partition coefficient (Wildman–Crippen LogP) is 5.69. The monoisotopic (exact) mass is 418 g/mol. The van der Waals surface area contributed by atoms with Crippen molar-refractivity contribution in [1.29, 1.82) is 0 Å². The lowest BCUT2D eigenvalue weighted by atomic mass is 9.86. The largest absolute Gasteiger partial charge is 0.366 e. The molecule has 1 saturated heterocycles. The maximum atomic E-state index is 5.16. The van der Waals surface area contributed by atoms with Crippen molar-refractivity contribution in [3.8, 4) is 0 Å². The average molecular weight is 419 g/mol. The van der Waals surface area contributed by atoms with Gasteiger partial charge in [0.25, 0.3) is 0 Å². The minimum absolute atomic E-state index is 0.0254. The third-order valence-electron chi connectivity index (χ3n) is 6.91. The van der Waals surface area contributed by atoms with Gasteiger partial charge in [-0.25, -0.2) is 0 Å². The molecule has 30 heavy (non-hydrogen) atoms. The molecule has 3 atom stereocenters. The molecule has 0 radical (unpaired) electrons. The Kier molecular flexibility index (Phi) is 4.69. The highest BCUT2D eigenvalue weighted by Gasteiger charge is 2.45. The summed E-state index contributed by atoms with van der Waals surface area (Å²) in [5, 5.41) is 1.19. The summed E-state index contributed by atoms with van der Waals surface area (Å²) in [4.78, 5) is 14.8. The first kappa shape index (κ1) is 19.7. The van der Waals surface area contributed by atoms with Gasteiger partial charge in [-0.3, -0.25) is 9.98 Å². The Morgan fingerprint density at radius 1 is 1.20 bits per heavy atom. The highest BCUT2D eigenvalue weighted by molar-refractivity contribution is 8.14. The van der Waals surface area contributed by atoms with E-state index in [2.05, 4.69) is 85.9 Å². The van der Waals surface area contributed by atoms with Crippen LogP contribution in [-0.4, -0.2) is 39.4 Å². The second-order valence-electron chi connectivity index (χ2n) is 9.15. The number of hydrogen-bond donors (Lipinski definition) is 0. The minimum Gasteiger partial charge on any atom is -0.366 e. The second-order valence-corrected chi connectivity index (χ2v) is 10.1. The molecule has 0 amide bonds. The number of rotatable bonds is 3. The van der Waals surface area contributed by atoms with Gasteiger partial charge in [-0.15, -0.1) is 0 Å². The number of anilines is 1. The van der Waals surface area contributed by atoms with E-state index in [0.717, 1.165) is 17.9 Å². The normalized spacial score (nSPS) is 26.9. The molecule has 5 heteroatoms. The zero-order valence-electron chi connectivity index (χ0n) is 18.5. The molecule has 4 heterocycles. The van der Waals surface area contributed by atoms with Crippen LogP contribution in [0.25, 0.3) is 5.57 Å². The van der Waals surface area contributed by atoms with Gasteiger partial charge in [0.1, 0.15) is 6.04 Å². The Hall–Kier alpha value is -2.27. The van der Waals surface area contributed by atoms with E-state index < -0.39 is 0 Å². The van der Waals surface area contributed by atoms with Crippen LogP contribution in [0.2, 0.25) is 0 Å². The lowest BCUT2D eigenvalue weighted by Crippen LogP contribution is -2.42. The number of fused-ring (bicyclic) bond motifs is 2. The van der Waals surface area contributed by atoms with Crippen molar-refractivity contribution >= 4 is 28.2 Å². The molecule has 0 saturated carbocycles. The maximum absolute atomic E-state index is 5.16. The Morgan fingerprint density at radius 3 is 2.77 bits per heavy atom. The number of allylic oxidation sites excluding steroid dienone is 1. The van der Waals surface area contributed by atoms with E-state index in [-0.39, 0.29) is 17.6 Å². The predicted molar refractivity (Wildman–Crippen MR) is 128 cm³/mol. The molecule has 1 fully saturated rings. The molecule has 0 spiro atoms. The van der Waals surface area contributed by atoms with E-state index in [9.17, 15) is 0 Å². The summed E-state index contributed by atoms with van der Waals surface area (Å²) < 4.78 is 0. The number of aromatic nitrogens is 1. The van der Waals surface area contributed by atoms with E-state index in [1.54, 1.807) is 0 Å². The first-order valence-electron chi connectivity index (χ1n) is 10.9. The number of nitrogens with zero attached hydrogens (tertiary/aromatic N) is 4. The number of benzene rings is 1. The van der Waals surface area contributed by atoms with Crippen molar-refractivity contribution in [3.63, 3.8) is 0 Å². The number of hydrogen-bond acceptors (Lipinski definition) is 5. The fourth-order valence-electron chi connectivity index (χ4n) is 5.07. The number of aliphatic imine (C=N–C) groups is 1. The molecule has 5 rings (SSSR count). The van der Waals surface area contributed by atoms with Crippen LogP contribution in [0.1, 0.15) is 63.0 Å². The van der Waals surface area contributed by atoms with Gasteiger partial charge in [-0.2, -0.15) is 0 Å². The van der Waals surface area contributed by atoms with E-state index in [4.69, 9.17) is 4.99 Å². The molecule has 0 unspecified atom stereocenters. The number of pyridine rings is 1. The lowest BCUT2D eigenvalue weighted by molar-refractivity contribution is 0.255. The van der Waals surface area contributed by atoms with Crippen molar-refractivity contribution in [1.82, 2.24) is 9.88 Å². The molecule has 1 aromatic heterocycles. The van der Waals surface area contributed by atoms with Crippen LogP contribution >= 0.6 is 11.8 Å². The van der Waals surface area contributed by atoms with Crippen molar-refractivity contribution in [3.05, 3.63) is 65.5 Å². The molecule has 3 aliphatic rings. The third kappa shape index (κ3) is 2.97. The first-order chi connectivity index (χ1) is 14.4. The third-order valence-corrected chi connectivity index (χ3v) is 8.04. The SMILES string of the molecule is CC[C@@H]1CSC2=N[C@H](c3ccccn3)[C@H](c3ccc4c(c3)C(C)=CC(C)(C)N4C)N21. The van der Waals surface area contributed by atoms with Gasteiger partial charge in [-0.1, -0.05) is 36.9 Å². The number of thioether (sulfide) groups is 1. The van der Waals surface area contributed by atoms with Gasteiger partial charge >= 0.3 is 0 Å². The first-order valence-corrected chi connectivity index (χ1v) is 11.9. The summed E-state index contributed by atoms with van der Waals surface area (Å²) in [5.41, 5.74) is 6.42. The van der Waals surface area contributed by atoms with E-state index in [1.165, 1.54) is 27.6 Å². The fourth-order valence-corrected chi connectivity index (χ4v) is 6.41. The standard InChI is InChI=1S/C25H30N4S/c1-6-18-15-30-24-27-22(20-9-7-8-12-26-20)23(29(18)24)17-10-11-21-19(13-17)16(2)14-25(3,4)28(21)5/h7-14,18,22-23H,6,15H2,1-5H3/t18-,22-,23+/m1/s1. The molecule has 3 aliphatic heterocycles. The van der Waals surface area contributed by atoms with Crippen molar-refractivity contribution in [2.24, 2.45) is 4.99 Å². The summed E-state index contributed by atoms with van der Waals surface area (Å²) in [6.07, 6.45) is 5.40. The molecule has 2 aromatic rings. The molecule has 4 nitrogen and oxygen atoms in total. The van der Waals surface area contributed by atoms with Crippen molar-refractivity contribution in [2.45, 2.75) is 57.8 Å². The van der Waals surface area contributed by atoms with Gasteiger partial charge in [0.15, 0.2) is 5.17 Å². The van der Waals surface area contributed by atoms with Crippen LogP contribution < -0.4 is 4.90 Å². The average Bonchev–Trinajstić information content (AvgIpc) is 3.31. The van der Waals surface area contributed by atoms with Crippen molar-refractivity contribution < 1.29 is 0 Å². The Labute approximate surface area is 184 Å². The van der Waals surface area contributed by atoms with Gasteiger partial charge in [0.2, 0.25) is 0 Å². The lowest BCUT2D eigenvalue weighted by Gasteiger charge is -2.41. The smallest absolute Gasteiger partial charge is 0.160 e. The van der Waals surface area contributed by atoms with Gasteiger partial charge in [0, 0.05) is 36.3 Å². The molecule has 156 valence electrons. The topological polar surface area (TPSA) is 31.7 Å². The van der Waals surface area contributed by atoms with Gasteiger partial charge in [-0.05, 0) is 62.6 Å². The highest BCUT2D eigenvalue weighted by Crippen LogP contribution is 2.50. The maximum Gasteiger partial charge on any atom is 0.160 e.